The highest BCUT2D eigenvalue weighted by Crippen LogP contribution is 2.17. The van der Waals surface area contributed by atoms with Crippen molar-refractivity contribution in [3.8, 4) is 11.8 Å². The molecule has 0 aliphatic heterocycles. The first kappa shape index (κ1) is 13.5. The van der Waals surface area contributed by atoms with Crippen LogP contribution in [-0.4, -0.2) is 24.9 Å². The van der Waals surface area contributed by atoms with Gasteiger partial charge in [0.2, 0.25) is 0 Å². The van der Waals surface area contributed by atoms with Crippen LogP contribution in [0.3, 0.4) is 0 Å². The molecular formula is C13H18N2O2. The van der Waals surface area contributed by atoms with Gasteiger partial charge in [-0.2, -0.15) is 5.26 Å². The van der Waals surface area contributed by atoms with E-state index in [1.54, 1.807) is 18.2 Å². The highest BCUT2D eigenvalue weighted by atomic mass is 16.5. The van der Waals surface area contributed by atoms with Gasteiger partial charge in [0.25, 0.3) is 0 Å². The molecule has 1 aromatic carbocycles. The van der Waals surface area contributed by atoms with Gasteiger partial charge in [0, 0.05) is 13.2 Å². The lowest BCUT2D eigenvalue weighted by Gasteiger charge is -2.11. The number of phenolic OH excluding ortho intramolecular Hbond substituents is 1. The highest BCUT2D eigenvalue weighted by Gasteiger charge is 2.09. The Morgan fingerprint density at radius 2 is 2.35 bits per heavy atom. The molecule has 0 aliphatic carbocycles. The first-order valence-electron chi connectivity index (χ1n) is 5.77. The van der Waals surface area contributed by atoms with Gasteiger partial charge in [-0.1, -0.05) is 12.1 Å². The van der Waals surface area contributed by atoms with Crippen molar-refractivity contribution < 1.29 is 9.84 Å². The normalized spacial score (nSPS) is 12.0. The number of aromatic hydroxyl groups is 1. The fraction of sp³-hybridized carbons (Fsp3) is 0.462. The van der Waals surface area contributed by atoms with E-state index in [1.165, 1.54) is 0 Å². The molecule has 0 radical (unpaired) electrons. The van der Waals surface area contributed by atoms with Crippen molar-refractivity contribution in [2.24, 2.45) is 0 Å². The first-order chi connectivity index (χ1) is 8.27. The molecule has 0 spiro atoms. The fourth-order valence-corrected chi connectivity index (χ4v) is 1.51. The second kappa shape index (κ2) is 7.66. The summed E-state index contributed by atoms with van der Waals surface area (Å²) in [6, 6.07) is 8.53. The maximum Gasteiger partial charge on any atom is 0.121 e. The Morgan fingerprint density at radius 3 is 3.00 bits per heavy atom. The summed E-state index contributed by atoms with van der Waals surface area (Å²) in [5, 5.41) is 21.5. The van der Waals surface area contributed by atoms with Crippen LogP contribution in [0.1, 0.15) is 24.9 Å². The average Bonchev–Trinajstić information content (AvgIpc) is 2.34. The van der Waals surface area contributed by atoms with E-state index in [0.29, 0.717) is 19.8 Å². The van der Waals surface area contributed by atoms with Crippen molar-refractivity contribution in [2.45, 2.75) is 19.4 Å². The molecule has 2 N–H and O–H groups in total. The van der Waals surface area contributed by atoms with Crippen LogP contribution in [0, 0.1) is 11.3 Å². The molecule has 4 heteroatoms. The second-order valence-electron chi connectivity index (χ2n) is 3.66. The monoisotopic (exact) mass is 234 g/mol. The van der Waals surface area contributed by atoms with Gasteiger partial charge in [-0.3, -0.25) is 5.32 Å². The van der Waals surface area contributed by atoms with Gasteiger partial charge in [-0.25, -0.2) is 0 Å². The molecule has 0 amide bonds. The summed E-state index contributed by atoms with van der Waals surface area (Å²) in [7, 11) is 0. The van der Waals surface area contributed by atoms with E-state index in [2.05, 4.69) is 11.4 Å². The van der Waals surface area contributed by atoms with Crippen molar-refractivity contribution >= 4 is 0 Å². The van der Waals surface area contributed by atoms with Crippen LogP contribution in [0.4, 0.5) is 0 Å². The summed E-state index contributed by atoms with van der Waals surface area (Å²) in [6.07, 6.45) is 0.866. The number of hydrogen-bond donors (Lipinski definition) is 2. The molecule has 1 atom stereocenters. The third-order valence-electron chi connectivity index (χ3n) is 2.35. The molecule has 0 saturated carbocycles. The molecule has 0 bridgehead atoms. The average molecular weight is 234 g/mol. The van der Waals surface area contributed by atoms with Crippen molar-refractivity contribution in [3.63, 3.8) is 0 Å². The van der Waals surface area contributed by atoms with E-state index in [-0.39, 0.29) is 11.8 Å². The molecular weight excluding hydrogens is 216 g/mol. The van der Waals surface area contributed by atoms with E-state index in [9.17, 15) is 5.11 Å². The Bertz CT molecular complexity index is 374. The Balaban J connectivity index is 2.41. The third-order valence-corrected chi connectivity index (χ3v) is 2.35. The minimum atomic E-state index is -0.385. The quantitative estimate of drug-likeness (QED) is 0.708. The molecule has 0 aromatic heterocycles. The van der Waals surface area contributed by atoms with Crippen molar-refractivity contribution in [2.75, 3.05) is 19.8 Å². The summed E-state index contributed by atoms with van der Waals surface area (Å²) in [5.74, 6) is 0.180. The van der Waals surface area contributed by atoms with E-state index in [0.717, 1.165) is 12.0 Å². The maximum atomic E-state index is 9.34. The smallest absolute Gasteiger partial charge is 0.121 e. The number of phenols is 1. The van der Waals surface area contributed by atoms with E-state index in [4.69, 9.17) is 10.00 Å². The topological polar surface area (TPSA) is 65.3 Å². The summed E-state index contributed by atoms with van der Waals surface area (Å²) in [4.78, 5) is 0. The van der Waals surface area contributed by atoms with Crippen LogP contribution in [0.15, 0.2) is 24.3 Å². The summed E-state index contributed by atoms with van der Waals surface area (Å²) < 4.78 is 5.21. The van der Waals surface area contributed by atoms with Crippen LogP contribution in [0.25, 0.3) is 0 Å². The van der Waals surface area contributed by atoms with Gasteiger partial charge in [0.05, 0.1) is 6.07 Å². The minimum Gasteiger partial charge on any atom is -0.508 e. The second-order valence-corrected chi connectivity index (χ2v) is 3.66. The largest absolute Gasteiger partial charge is 0.508 e. The maximum absolute atomic E-state index is 9.34. The van der Waals surface area contributed by atoms with Gasteiger partial charge in [-0.05, 0) is 37.6 Å². The van der Waals surface area contributed by atoms with Crippen molar-refractivity contribution in [1.82, 2.24) is 5.32 Å². The van der Waals surface area contributed by atoms with Crippen molar-refractivity contribution in [1.29, 1.82) is 5.26 Å². The zero-order valence-corrected chi connectivity index (χ0v) is 10.0. The lowest BCUT2D eigenvalue weighted by molar-refractivity contribution is 0.144. The van der Waals surface area contributed by atoms with Gasteiger partial charge in [0.15, 0.2) is 0 Å². The molecule has 0 fully saturated rings. The molecule has 0 aliphatic rings. The van der Waals surface area contributed by atoms with Crippen LogP contribution in [0.2, 0.25) is 0 Å². The van der Waals surface area contributed by atoms with E-state index >= 15 is 0 Å². The molecule has 0 heterocycles. The van der Waals surface area contributed by atoms with Gasteiger partial charge < -0.3 is 9.84 Å². The molecule has 1 aromatic rings. The molecule has 1 rings (SSSR count). The molecule has 1 unspecified atom stereocenters. The number of rotatable bonds is 7. The number of nitrogens with zero attached hydrogens (tertiary/aromatic N) is 1. The molecule has 17 heavy (non-hydrogen) atoms. The Kier molecular flexibility index (Phi) is 6.08. The highest BCUT2D eigenvalue weighted by molar-refractivity contribution is 5.31. The lowest BCUT2D eigenvalue weighted by atomic mass is 10.1. The van der Waals surface area contributed by atoms with Crippen LogP contribution in [0.5, 0.6) is 5.75 Å². The van der Waals surface area contributed by atoms with Crippen molar-refractivity contribution in [3.05, 3.63) is 29.8 Å². The molecule has 4 nitrogen and oxygen atoms in total. The number of nitriles is 1. The Hall–Kier alpha value is -1.57. The van der Waals surface area contributed by atoms with Crippen LogP contribution >= 0.6 is 0 Å². The predicted octanol–water partition coefficient (Wildman–Crippen LogP) is 1.97. The number of benzene rings is 1. The van der Waals surface area contributed by atoms with E-state index in [1.807, 2.05) is 13.0 Å². The number of nitrogens with one attached hydrogen (secondary N) is 1. The summed E-state index contributed by atoms with van der Waals surface area (Å²) >= 11 is 0. The Morgan fingerprint density at radius 1 is 1.53 bits per heavy atom. The molecule has 92 valence electrons. The molecule has 0 saturated heterocycles. The zero-order chi connectivity index (χ0) is 12.5. The SMILES string of the molecule is CCOCCCNC(C#N)c1cccc(O)c1. The number of hydrogen-bond acceptors (Lipinski definition) is 4. The Labute approximate surface area is 102 Å². The lowest BCUT2D eigenvalue weighted by Crippen LogP contribution is -2.22. The number of ether oxygens (including phenoxy) is 1. The first-order valence-corrected chi connectivity index (χ1v) is 5.77. The standard InChI is InChI=1S/C13H18N2O2/c1-2-17-8-4-7-15-13(10-14)11-5-3-6-12(16)9-11/h3,5-6,9,13,15-16H,2,4,7-8H2,1H3. The minimum absolute atomic E-state index is 0.180. The van der Waals surface area contributed by atoms with Crippen LogP contribution < -0.4 is 5.32 Å². The fourth-order valence-electron chi connectivity index (χ4n) is 1.51. The summed E-state index contributed by atoms with van der Waals surface area (Å²) in [5.41, 5.74) is 0.781. The van der Waals surface area contributed by atoms with Gasteiger partial charge >= 0.3 is 0 Å². The third kappa shape index (κ3) is 4.85. The predicted molar refractivity (Wildman–Crippen MR) is 65.6 cm³/mol. The zero-order valence-electron chi connectivity index (χ0n) is 10.0. The van der Waals surface area contributed by atoms with Gasteiger partial charge in [0.1, 0.15) is 11.8 Å². The van der Waals surface area contributed by atoms with Crippen LogP contribution in [-0.2, 0) is 4.74 Å². The summed E-state index contributed by atoms with van der Waals surface area (Å²) in [6.45, 7) is 4.09. The van der Waals surface area contributed by atoms with Gasteiger partial charge in [-0.15, -0.1) is 0 Å². The van der Waals surface area contributed by atoms with E-state index < -0.39 is 0 Å².